The number of anilines is 1. The molecule has 6 nitrogen and oxygen atoms in total. The minimum atomic E-state index is -0.0320. The topological polar surface area (TPSA) is 70.2 Å². The molecule has 24 heavy (non-hydrogen) atoms. The van der Waals surface area contributed by atoms with Gasteiger partial charge >= 0.3 is 0 Å². The maximum atomic E-state index is 12.3. The fraction of sp³-hybridized carbons (Fsp3) is 0.353. The summed E-state index contributed by atoms with van der Waals surface area (Å²) in [6.45, 7) is 1.73. The number of carbonyl (C=O) groups is 1. The zero-order valence-corrected chi connectivity index (χ0v) is 14.7. The Morgan fingerprint density at radius 1 is 1.38 bits per heavy atom. The van der Waals surface area contributed by atoms with Crippen LogP contribution in [0.2, 0.25) is 0 Å². The van der Waals surface area contributed by atoms with Crippen molar-refractivity contribution >= 4 is 23.2 Å². The quantitative estimate of drug-likeness (QED) is 0.844. The summed E-state index contributed by atoms with van der Waals surface area (Å²) in [5.74, 6) is 0.538. The normalized spacial score (nSPS) is 13.8. The van der Waals surface area contributed by atoms with Crippen molar-refractivity contribution in [1.82, 2.24) is 20.2 Å². The van der Waals surface area contributed by atoms with Crippen LogP contribution in [-0.4, -0.2) is 48.0 Å². The van der Waals surface area contributed by atoms with Crippen LogP contribution in [0.3, 0.4) is 0 Å². The second-order valence-electron chi connectivity index (χ2n) is 5.59. The molecular weight excluding hydrogens is 322 g/mol. The first-order chi connectivity index (χ1) is 11.7. The Morgan fingerprint density at radius 3 is 3.00 bits per heavy atom. The van der Waals surface area contributed by atoms with Crippen LogP contribution in [-0.2, 0) is 0 Å². The van der Waals surface area contributed by atoms with E-state index in [1.54, 1.807) is 13.2 Å². The molecule has 0 bridgehead atoms. The number of hydrogen-bond donors (Lipinski definition) is 2. The number of nitrogens with one attached hydrogen (secondary N) is 2. The molecule has 1 aliphatic rings. The van der Waals surface area contributed by atoms with Crippen LogP contribution < -0.4 is 10.6 Å². The van der Waals surface area contributed by atoms with Gasteiger partial charge in [-0.2, -0.15) is 0 Å². The SMILES string of the molecule is CNc1nccc(-c2ccc(C(=O)NCCC3=CCCN3C)s2)n1. The van der Waals surface area contributed by atoms with E-state index in [-0.39, 0.29) is 5.91 Å². The molecule has 3 heterocycles. The van der Waals surface area contributed by atoms with Gasteiger partial charge in [0.1, 0.15) is 0 Å². The number of thiophene rings is 1. The third-order valence-electron chi connectivity index (χ3n) is 3.96. The van der Waals surface area contributed by atoms with Crippen molar-refractivity contribution in [2.75, 3.05) is 32.5 Å². The molecule has 0 atom stereocenters. The molecule has 126 valence electrons. The highest BCUT2D eigenvalue weighted by Crippen LogP contribution is 2.27. The van der Waals surface area contributed by atoms with E-state index < -0.39 is 0 Å². The summed E-state index contributed by atoms with van der Waals surface area (Å²) in [5, 5.41) is 5.91. The fourth-order valence-electron chi connectivity index (χ4n) is 2.62. The Kier molecular flexibility index (Phi) is 5.10. The lowest BCUT2D eigenvalue weighted by Gasteiger charge is -2.16. The first-order valence-electron chi connectivity index (χ1n) is 7.97. The molecule has 2 N–H and O–H groups in total. The Bertz CT molecular complexity index is 755. The van der Waals surface area contributed by atoms with E-state index in [1.165, 1.54) is 17.0 Å². The molecule has 1 amide bonds. The van der Waals surface area contributed by atoms with Gasteiger partial charge in [0.2, 0.25) is 5.95 Å². The van der Waals surface area contributed by atoms with Crippen LogP contribution in [0.5, 0.6) is 0 Å². The molecule has 1 aliphatic heterocycles. The zero-order valence-electron chi connectivity index (χ0n) is 13.9. The highest BCUT2D eigenvalue weighted by molar-refractivity contribution is 7.17. The molecule has 0 aromatic carbocycles. The number of rotatable bonds is 6. The molecule has 2 aromatic heterocycles. The minimum Gasteiger partial charge on any atom is -0.378 e. The highest BCUT2D eigenvalue weighted by Gasteiger charge is 2.13. The van der Waals surface area contributed by atoms with Crippen LogP contribution in [0, 0.1) is 0 Å². The van der Waals surface area contributed by atoms with Gasteiger partial charge in [-0.05, 0) is 24.6 Å². The van der Waals surface area contributed by atoms with Crippen LogP contribution >= 0.6 is 11.3 Å². The van der Waals surface area contributed by atoms with Crippen LogP contribution in [0.4, 0.5) is 5.95 Å². The lowest BCUT2D eigenvalue weighted by molar-refractivity contribution is 0.0957. The number of aromatic nitrogens is 2. The van der Waals surface area contributed by atoms with Crippen LogP contribution in [0.1, 0.15) is 22.5 Å². The van der Waals surface area contributed by atoms with Gasteiger partial charge in [0.15, 0.2) is 0 Å². The van der Waals surface area contributed by atoms with E-state index in [0.717, 1.165) is 30.0 Å². The number of carbonyl (C=O) groups excluding carboxylic acids is 1. The van der Waals surface area contributed by atoms with Gasteiger partial charge in [-0.1, -0.05) is 6.08 Å². The Hall–Kier alpha value is -2.41. The molecule has 0 saturated heterocycles. The monoisotopic (exact) mass is 343 g/mol. The van der Waals surface area contributed by atoms with Gasteiger partial charge in [0, 0.05) is 45.5 Å². The molecular formula is C17H21N5OS. The third-order valence-corrected chi connectivity index (χ3v) is 5.07. The molecule has 0 saturated carbocycles. The lowest BCUT2D eigenvalue weighted by atomic mass is 10.3. The Morgan fingerprint density at radius 2 is 2.25 bits per heavy atom. The molecule has 3 rings (SSSR count). The van der Waals surface area contributed by atoms with E-state index in [9.17, 15) is 4.79 Å². The van der Waals surface area contributed by atoms with Gasteiger partial charge in [-0.3, -0.25) is 4.79 Å². The Labute approximate surface area is 145 Å². The smallest absolute Gasteiger partial charge is 0.261 e. The predicted octanol–water partition coefficient (Wildman–Crippen LogP) is 2.59. The predicted molar refractivity (Wildman–Crippen MR) is 97.2 cm³/mol. The van der Waals surface area contributed by atoms with E-state index in [1.807, 2.05) is 18.2 Å². The van der Waals surface area contributed by atoms with Gasteiger partial charge in [-0.25, -0.2) is 9.97 Å². The van der Waals surface area contributed by atoms with Crippen molar-refractivity contribution in [3.63, 3.8) is 0 Å². The maximum Gasteiger partial charge on any atom is 0.261 e. The van der Waals surface area contributed by atoms with Crippen molar-refractivity contribution in [2.24, 2.45) is 0 Å². The lowest BCUT2D eigenvalue weighted by Crippen LogP contribution is -2.25. The van der Waals surface area contributed by atoms with Gasteiger partial charge in [0.05, 0.1) is 15.4 Å². The molecule has 0 aliphatic carbocycles. The summed E-state index contributed by atoms with van der Waals surface area (Å²) >= 11 is 1.44. The number of hydrogen-bond acceptors (Lipinski definition) is 6. The van der Waals surface area contributed by atoms with Crippen molar-refractivity contribution in [3.05, 3.63) is 41.0 Å². The van der Waals surface area contributed by atoms with Crippen molar-refractivity contribution in [1.29, 1.82) is 0 Å². The summed E-state index contributed by atoms with van der Waals surface area (Å²) < 4.78 is 0. The largest absolute Gasteiger partial charge is 0.378 e. The summed E-state index contributed by atoms with van der Waals surface area (Å²) in [4.78, 5) is 24.7. The van der Waals surface area contributed by atoms with Gasteiger partial charge in [-0.15, -0.1) is 11.3 Å². The Balaban J connectivity index is 1.59. The summed E-state index contributed by atoms with van der Waals surface area (Å²) in [7, 11) is 3.87. The van der Waals surface area contributed by atoms with Crippen LogP contribution in [0.15, 0.2) is 36.2 Å². The van der Waals surface area contributed by atoms with Gasteiger partial charge in [0.25, 0.3) is 5.91 Å². The first-order valence-corrected chi connectivity index (χ1v) is 8.78. The maximum absolute atomic E-state index is 12.3. The first kappa shape index (κ1) is 16.4. The summed E-state index contributed by atoms with van der Waals surface area (Å²) in [6.07, 6.45) is 5.92. The summed E-state index contributed by atoms with van der Waals surface area (Å²) in [5.41, 5.74) is 2.12. The molecule has 0 fully saturated rings. The highest BCUT2D eigenvalue weighted by atomic mass is 32.1. The molecule has 0 unspecified atom stereocenters. The molecule has 7 heteroatoms. The van der Waals surface area contributed by atoms with Crippen molar-refractivity contribution < 1.29 is 4.79 Å². The average Bonchev–Trinajstić information content (AvgIpc) is 3.24. The average molecular weight is 343 g/mol. The van der Waals surface area contributed by atoms with Crippen molar-refractivity contribution in [2.45, 2.75) is 12.8 Å². The van der Waals surface area contributed by atoms with E-state index in [0.29, 0.717) is 17.4 Å². The second kappa shape index (κ2) is 7.44. The summed E-state index contributed by atoms with van der Waals surface area (Å²) in [6, 6.07) is 5.61. The van der Waals surface area contributed by atoms with E-state index in [4.69, 9.17) is 0 Å². The fourth-order valence-corrected chi connectivity index (χ4v) is 3.51. The van der Waals surface area contributed by atoms with E-state index >= 15 is 0 Å². The third kappa shape index (κ3) is 3.73. The number of amides is 1. The second-order valence-corrected chi connectivity index (χ2v) is 6.67. The molecule has 2 aromatic rings. The molecule has 0 radical (unpaired) electrons. The van der Waals surface area contributed by atoms with E-state index in [2.05, 4.69) is 38.6 Å². The minimum absolute atomic E-state index is 0.0320. The standard InChI is InChI=1S/C17H21N5OS/c1-18-17-20-10-8-13(21-17)14-5-6-15(24-14)16(23)19-9-7-12-4-3-11-22(12)2/h4-6,8,10H,3,7,9,11H2,1-2H3,(H,19,23)(H,18,20,21). The van der Waals surface area contributed by atoms with Crippen LogP contribution in [0.25, 0.3) is 10.6 Å². The zero-order chi connectivity index (χ0) is 16.9. The number of nitrogens with zero attached hydrogens (tertiary/aromatic N) is 3. The molecule has 0 spiro atoms. The van der Waals surface area contributed by atoms with Gasteiger partial charge < -0.3 is 15.5 Å². The van der Waals surface area contributed by atoms with Crippen molar-refractivity contribution in [3.8, 4) is 10.6 Å².